The van der Waals surface area contributed by atoms with E-state index in [1.165, 1.54) is 0 Å². The number of phenolic OH excluding ortho intramolecular Hbond substituents is 1. The van der Waals surface area contributed by atoms with E-state index in [0.717, 1.165) is 21.8 Å². The standard InChI is InChI=1S/C21H14N4O3/c26-15-3-1-2-14(10-15)23-20-16-6-7-22-11-18(16)25-17-5-4-12(21(27)28)8-13(17)9-19(25)24-20/h1-11,26H,(H,23,24)(H,27,28). The van der Waals surface area contributed by atoms with Crippen LogP contribution in [0, 0.1) is 0 Å². The van der Waals surface area contributed by atoms with Crippen LogP contribution in [0.25, 0.3) is 27.5 Å². The molecule has 0 aliphatic heterocycles. The predicted octanol–water partition coefficient (Wildman–Crippen LogP) is 4.18. The molecule has 5 aromatic rings. The molecule has 0 saturated heterocycles. The monoisotopic (exact) mass is 370 g/mol. The molecule has 7 nitrogen and oxygen atoms in total. The van der Waals surface area contributed by atoms with Gasteiger partial charge in [-0.15, -0.1) is 0 Å². The first-order valence-corrected chi connectivity index (χ1v) is 8.58. The average Bonchev–Trinajstić information content (AvgIpc) is 3.05. The quantitative estimate of drug-likeness (QED) is 0.440. The van der Waals surface area contributed by atoms with Crippen LogP contribution in [0.1, 0.15) is 10.4 Å². The maximum Gasteiger partial charge on any atom is 0.335 e. The molecule has 3 aromatic heterocycles. The summed E-state index contributed by atoms with van der Waals surface area (Å²) in [5.41, 5.74) is 3.30. The van der Waals surface area contributed by atoms with Crippen LogP contribution in [0.5, 0.6) is 5.75 Å². The van der Waals surface area contributed by atoms with Crippen molar-refractivity contribution in [1.82, 2.24) is 14.4 Å². The summed E-state index contributed by atoms with van der Waals surface area (Å²) < 4.78 is 1.96. The molecule has 0 atom stereocenters. The van der Waals surface area contributed by atoms with Crippen LogP contribution >= 0.6 is 0 Å². The molecule has 0 aliphatic rings. The first-order chi connectivity index (χ1) is 13.6. The van der Waals surface area contributed by atoms with E-state index in [-0.39, 0.29) is 11.3 Å². The Labute approximate surface area is 158 Å². The lowest BCUT2D eigenvalue weighted by atomic mass is 10.1. The Bertz CT molecular complexity index is 1390. The van der Waals surface area contributed by atoms with Crippen molar-refractivity contribution in [3.05, 3.63) is 72.6 Å². The summed E-state index contributed by atoms with van der Waals surface area (Å²) in [6, 6.07) is 15.5. The average molecular weight is 370 g/mol. The van der Waals surface area contributed by atoms with Crippen LogP contribution in [0.15, 0.2) is 67.0 Å². The summed E-state index contributed by atoms with van der Waals surface area (Å²) in [5.74, 6) is -0.189. The second-order valence-electron chi connectivity index (χ2n) is 6.45. The molecule has 2 aromatic carbocycles. The van der Waals surface area contributed by atoms with Gasteiger partial charge in [0.1, 0.15) is 17.2 Å². The zero-order valence-corrected chi connectivity index (χ0v) is 14.5. The smallest absolute Gasteiger partial charge is 0.335 e. The molecule has 0 saturated carbocycles. The van der Waals surface area contributed by atoms with Crippen molar-refractivity contribution >= 4 is 44.9 Å². The highest BCUT2D eigenvalue weighted by molar-refractivity contribution is 6.00. The number of carboxylic acids is 1. The highest BCUT2D eigenvalue weighted by Gasteiger charge is 2.14. The SMILES string of the molecule is O=C(O)c1ccc2c(c1)cc1nc(Nc3cccc(O)c3)c3ccncc3n12. The van der Waals surface area contributed by atoms with Gasteiger partial charge < -0.3 is 15.5 Å². The lowest BCUT2D eigenvalue weighted by Crippen LogP contribution is -2.00. The van der Waals surface area contributed by atoms with E-state index < -0.39 is 5.97 Å². The number of hydrogen-bond acceptors (Lipinski definition) is 5. The Kier molecular flexibility index (Phi) is 3.42. The number of rotatable bonds is 3. The number of fused-ring (bicyclic) bond motifs is 5. The molecule has 0 unspecified atom stereocenters. The van der Waals surface area contributed by atoms with Crippen LogP contribution in [-0.2, 0) is 0 Å². The van der Waals surface area contributed by atoms with Gasteiger partial charge in [-0.2, -0.15) is 0 Å². The first-order valence-electron chi connectivity index (χ1n) is 8.58. The van der Waals surface area contributed by atoms with E-state index in [1.54, 1.807) is 48.8 Å². The molecule has 5 rings (SSSR count). The number of benzene rings is 2. The minimum absolute atomic E-state index is 0.159. The van der Waals surface area contributed by atoms with Gasteiger partial charge in [-0.3, -0.25) is 9.38 Å². The van der Waals surface area contributed by atoms with Gasteiger partial charge in [0, 0.05) is 28.7 Å². The Hall–Kier alpha value is -4.13. The Balaban J connectivity index is 1.79. The number of carbonyl (C=O) groups is 1. The van der Waals surface area contributed by atoms with Crippen molar-refractivity contribution in [3.63, 3.8) is 0 Å². The molecule has 0 aliphatic carbocycles. The Morgan fingerprint density at radius 3 is 2.75 bits per heavy atom. The summed E-state index contributed by atoms with van der Waals surface area (Å²) in [7, 11) is 0. The van der Waals surface area contributed by atoms with E-state index >= 15 is 0 Å². The van der Waals surface area contributed by atoms with E-state index in [9.17, 15) is 15.0 Å². The number of nitrogens with one attached hydrogen (secondary N) is 1. The number of carboxylic acid groups (broad SMARTS) is 1. The number of hydrogen-bond donors (Lipinski definition) is 3. The highest BCUT2D eigenvalue weighted by atomic mass is 16.4. The molecule has 7 heteroatoms. The zero-order valence-electron chi connectivity index (χ0n) is 14.5. The van der Waals surface area contributed by atoms with Gasteiger partial charge in [-0.1, -0.05) is 6.07 Å². The summed E-state index contributed by atoms with van der Waals surface area (Å²) in [5, 5.41) is 23.9. The summed E-state index contributed by atoms with van der Waals surface area (Å²) in [6.45, 7) is 0. The predicted molar refractivity (Wildman–Crippen MR) is 106 cm³/mol. The van der Waals surface area contributed by atoms with Crippen molar-refractivity contribution in [1.29, 1.82) is 0 Å². The summed E-state index contributed by atoms with van der Waals surface area (Å²) in [4.78, 5) is 20.3. The maximum absolute atomic E-state index is 11.3. The fourth-order valence-corrected chi connectivity index (χ4v) is 3.42. The second-order valence-corrected chi connectivity index (χ2v) is 6.45. The molecule has 0 fully saturated rings. The third-order valence-corrected chi connectivity index (χ3v) is 4.66. The lowest BCUT2D eigenvalue weighted by Gasteiger charge is -2.11. The van der Waals surface area contributed by atoms with Crippen LogP contribution in [0.3, 0.4) is 0 Å². The van der Waals surface area contributed by atoms with Gasteiger partial charge in [0.15, 0.2) is 0 Å². The van der Waals surface area contributed by atoms with Crippen LogP contribution in [0.2, 0.25) is 0 Å². The van der Waals surface area contributed by atoms with E-state index in [4.69, 9.17) is 4.98 Å². The third-order valence-electron chi connectivity index (χ3n) is 4.66. The van der Waals surface area contributed by atoms with Gasteiger partial charge in [-0.25, -0.2) is 9.78 Å². The molecule has 0 bridgehead atoms. The molecule has 3 heterocycles. The van der Waals surface area contributed by atoms with Crippen molar-refractivity contribution in [2.45, 2.75) is 0 Å². The molecule has 136 valence electrons. The molecule has 0 spiro atoms. The van der Waals surface area contributed by atoms with Crippen molar-refractivity contribution in [3.8, 4) is 5.75 Å². The maximum atomic E-state index is 11.3. The molecule has 0 amide bonds. The van der Waals surface area contributed by atoms with Crippen LogP contribution < -0.4 is 5.32 Å². The molecular weight excluding hydrogens is 356 g/mol. The number of aromatic hydroxyl groups is 1. The second kappa shape index (κ2) is 5.95. The fraction of sp³-hybridized carbons (Fsp3) is 0. The number of aromatic nitrogens is 3. The highest BCUT2D eigenvalue weighted by Crippen LogP contribution is 2.30. The van der Waals surface area contributed by atoms with Gasteiger partial charge in [0.05, 0.1) is 22.8 Å². The fourth-order valence-electron chi connectivity index (χ4n) is 3.42. The topological polar surface area (TPSA) is 99.8 Å². The van der Waals surface area contributed by atoms with E-state index in [2.05, 4.69) is 10.3 Å². The molecule has 3 N–H and O–H groups in total. The number of nitrogens with zero attached hydrogens (tertiary/aromatic N) is 3. The largest absolute Gasteiger partial charge is 0.508 e. The Morgan fingerprint density at radius 1 is 1.04 bits per heavy atom. The van der Waals surface area contributed by atoms with E-state index in [0.29, 0.717) is 17.2 Å². The summed E-state index contributed by atoms with van der Waals surface area (Å²) in [6.07, 6.45) is 3.44. The number of phenols is 1. The Morgan fingerprint density at radius 2 is 1.93 bits per heavy atom. The number of pyridine rings is 1. The van der Waals surface area contributed by atoms with Gasteiger partial charge in [0.25, 0.3) is 0 Å². The van der Waals surface area contributed by atoms with Crippen LogP contribution in [-0.4, -0.2) is 30.6 Å². The third kappa shape index (κ3) is 2.49. The molecule has 0 radical (unpaired) electrons. The summed E-state index contributed by atoms with van der Waals surface area (Å²) >= 11 is 0. The van der Waals surface area contributed by atoms with E-state index in [1.807, 2.05) is 22.6 Å². The lowest BCUT2D eigenvalue weighted by molar-refractivity contribution is 0.0697. The van der Waals surface area contributed by atoms with Crippen molar-refractivity contribution in [2.75, 3.05) is 5.32 Å². The number of anilines is 2. The van der Waals surface area contributed by atoms with Gasteiger partial charge in [0.2, 0.25) is 0 Å². The molecular formula is C21H14N4O3. The van der Waals surface area contributed by atoms with Gasteiger partial charge >= 0.3 is 5.97 Å². The van der Waals surface area contributed by atoms with Crippen molar-refractivity contribution < 1.29 is 15.0 Å². The minimum atomic E-state index is -0.970. The van der Waals surface area contributed by atoms with Crippen molar-refractivity contribution in [2.24, 2.45) is 0 Å². The molecule has 28 heavy (non-hydrogen) atoms. The zero-order chi connectivity index (χ0) is 19.3. The first kappa shape index (κ1) is 16.1. The van der Waals surface area contributed by atoms with Gasteiger partial charge in [-0.05, 0) is 42.5 Å². The minimum Gasteiger partial charge on any atom is -0.508 e. The van der Waals surface area contributed by atoms with Crippen LogP contribution in [0.4, 0.5) is 11.5 Å². The normalized spacial score (nSPS) is 11.3. The number of aromatic carboxylic acids is 1.